The summed E-state index contributed by atoms with van der Waals surface area (Å²) in [4.78, 5) is 26.1. The molecule has 0 radical (unpaired) electrons. The first-order valence-corrected chi connectivity index (χ1v) is 8.96. The second-order valence-corrected chi connectivity index (χ2v) is 6.47. The van der Waals surface area contributed by atoms with Crippen LogP contribution in [0.2, 0.25) is 0 Å². The van der Waals surface area contributed by atoms with Crippen LogP contribution in [0.25, 0.3) is 6.08 Å². The van der Waals surface area contributed by atoms with Crippen molar-refractivity contribution in [3.63, 3.8) is 0 Å². The fraction of sp³-hybridized carbons (Fsp3) is 0.273. The number of esters is 1. The zero-order valence-corrected chi connectivity index (χ0v) is 16.3. The van der Waals surface area contributed by atoms with Crippen LogP contribution in [-0.2, 0) is 20.9 Å². The molecule has 0 saturated carbocycles. The van der Waals surface area contributed by atoms with Crippen molar-refractivity contribution < 1.29 is 24.2 Å². The van der Waals surface area contributed by atoms with Crippen molar-refractivity contribution in [2.24, 2.45) is 0 Å². The normalized spacial score (nSPS) is 10.9. The first-order valence-electron chi connectivity index (χ1n) is 8.96. The Balaban J connectivity index is 1.92. The van der Waals surface area contributed by atoms with E-state index < -0.39 is 5.97 Å². The van der Waals surface area contributed by atoms with Crippen molar-refractivity contribution in [2.75, 3.05) is 13.7 Å². The van der Waals surface area contributed by atoms with E-state index in [0.717, 1.165) is 5.56 Å². The van der Waals surface area contributed by atoms with Crippen LogP contribution in [-0.4, -0.2) is 41.6 Å². The average molecular weight is 383 g/mol. The molecule has 0 atom stereocenters. The summed E-state index contributed by atoms with van der Waals surface area (Å²) in [6.07, 6.45) is 2.76. The van der Waals surface area contributed by atoms with E-state index in [9.17, 15) is 14.7 Å². The third-order valence-electron chi connectivity index (χ3n) is 4.09. The third kappa shape index (κ3) is 6.16. The molecule has 0 heterocycles. The summed E-state index contributed by atoms with van der Waals surface area (Å²) < 4.78 is 10.1. The molecule has 28 heavy (non-hydrogen) atoms. The third-order valence-corrected chi connectivity index (χ3v) is 4.09. The number of ether oxygens (including phenoxy) is 2. The van der Waals surface area contributed by atoms with Crippen molar-refractivity contribution >= 4 is 18.0 Å². The summed E-state index contributed by atoms with van der Waals surface area (Å²) in [6, 6.07) is 14.3. The van der Waals surface area contributed by atoms with Gasteiger partial charge in [0, 0.05) is 18.7 Å². The SMILES string of the molecule is COc1cc(C=CC(=O)OCC(=O)N(Cc2ccccc2)C(C)C)ccc1O. The highest BCUT2D eigenvalue weighted by Gasteiger charge is 2.18. The lowest BCUT2D eigenvalue weighted by Crippen LogP contribution is -2.39. The Hall–Kier alpha value is -3.28. The van der Waals surface area contributed by atoms with Crippen molar-refractivity contribution in [1.82, 2.24) is 4.90 Å². The number of hydrogen-bond acceptors (Lipinski definition) is 5. The highest BCUT2D eigenvalue weighted by molar-refractivity contribution is 5.89. The molecular formula is C22H25NO5. The molecule has 2 aromatic carbocycles. The Bertz CT molecular complexity index is 830. The highest BCUT2D eigenvalue weighted by atomic mass is 16.5. The van der Waals surface area contributed by atoms with Gasteiger partial charge >= 0.3 is 5.97 Å². The summed E-state index contributed by atoms with van der Waals surface area (Å²) >= 11 is 0. The molecule has 0 aromatic heterocycles. The van der Waals surface area contributed by atoms with Crippen LogP contribution < -0.4 is 4.74 Å². The van der Waals surface area contributed by atoms with Gasteiger partial charge in [0.15, 0.2) is 18.1 Å². The van der Waals surface area contributed by atoms with Gasteiger partial charge < -0.3 is 19.5 Å². The molecule has 0 unspecified atom stereocenters. The lowest BCUT2D eigenvalue weighted by atomic mass is 10.2. The number of benzene rings is 2. The van der Waals surface area contributed by atoms with E-state index in [4.69, 9.17) is 9.47 Å². The van der Waals surface area contributed by atoms with E-state index in [2.05, 4.69) is 0 Å². The minimum atomic E-state index is -0.621. The van der Waals surface area contributed by atoms with Gasteiger partial charge in [0.05, 0.1) is 7.11 Å². The van der Waals surface area contributed by atoms with Crippen LogP contribution in [0, 0.1) is 0 Å². The van der Waals surface area contributed by atoms with Crippen LogP contribution in [0.4, 0.5) is 0 Å². The zero-order chi connectivity index (χ0) is 20.5. The predicted molar refractivity (Wildman–Crippen MR) is 107 cm³/mol. The average Bonchev–Trinajstić information content (AvgIpc) is 2.70. The van der Waals surface area contributed by atoms with E-state index in [1.54, 1.807) is 17.0 Å². The number of rotatable bonds is 8. The number of carbonyl (C=O) groups is 2. The van der Waals surface area contributed by atoms with E-state index in [0.29, 0.717) is 17.9 Å². The largest absolute Gasteiger partial charge is 0.504 e. The fourth-order valence-corrected chi connectivity index (χ4v) is 2.56. The smallest absolute Gasteiger partial charge is 0.331 e. The lowest BCUT2D eigenvalue weighted by Gasteiger charge is -2.26. The van der Waals surface area contributed by atoms with Crippen LogP contribution in [0.5, 0.6) is 11.5 Å². The number of amides is 1. The summed E-state index contributed by atoms with van der Waals surface area (Å²) in [5.41, 5.74) is 1.67. The van der Waals surface area contributed by atoms with Gasteiger partial charge in [-0.05, 0) is 43.2 Å². The predicted octanol–water partition coefficient (Wildman–Crippen LogP) is 3.39. The number of methoxy groups -OCH3 is 1. The van der Waals surface area contributed by atoms with Crippen molar-refractivity contribution in [1.29, 1.82) is 0 Å². The van der Waals surface area contributed by atoms with Gasteiger partial charge in [-0.3, -0.25) is 4.79 Å². The van der Waals surface area contributed by atoms with Gasteiger partial charge in [-0.15, -0.1) is 0 Å². The molecule has 6 heteroatoms. The second-order valence-electron chi connectivity index (χ2n) is 6.47. The molecule has 0 saturated heterocycles. The minimum absolute atomic E-state index is 0.0139. The van der Waals surface area contributed by atoms with Crippen LogP contribution in [0.3, 0.4) is 0 Å². The summed E-state index contributed by atoms with van der Waals surface area (Å²) in [6.45, 7) is 3.96. The monoisotopic (exact) mass is 383 g/mol. The highest BCUT2D eigenvalue weighted by Crippen LogP contribution is 2.26. The van der Waals surface area contributed by atoms with E-state index >= 15 is 0 Å². The Kier molecular flexibility index (Phi) is 7.63. The number of hydrogen-bond donors (Lipinski definition) is 1. The molecule has 148 valence electrons. The number of phenols is 1. The Morgan fingerprint density at radius 3 is 2.50 bits per heavy atom. The number of nitrogens with zero attached hydrogens (tertiary/aromatic N) is 1. The summed E-state index contributed by atoms with van der Waals surface area (Å²) in [7, 11) is 1.44. The van der Waals surface area contributed by atoms with Crippen molar-refractivity contribution in [2.45, 2.75) is 26.4 Å². The van der Waals surface area contributed by atoms with E-state index in [-0.39, 0.29) is 24.3 Å². The maximum atomic E-state index is 12.5. The molecule has 0 aliphatic rings. The standard InChI is InChI=1S/C22H25NO5/c1-16(2)23(14-18-7-5-4-6-8-18)21(25)15-28-22(26)12-10-17-9-11-19(24)20(13-17)27-3/h4-13,16,24H,14-15H2,1-3H3. The molecule has 2 aromatic rings. The van der Waals surface area contributed by atoms with Crippen LogP contribution >= 0.6 is 0 Å². The Morgan fingerprint density at radius 2 is 1.86 bits per heavy atom. The Labute approximate surface area is 165 Å². The van der Waals surface area contributed by atoms with Gasteiger partial charge in [-0.25, -0.2) is 4.79 Å². The van der Waals surface area contributed by atoms with Crippen LogP contribution in [0.15, 0.2) is 54.6 Å². The molecule has 1 N–H and O–H groups in total. The summed E-state index contributed by atoms with van der Waals surface area (Å²) in [5, 5.41) is 9.58. The molecule has 0 spiro atoms. The van der Waals surface area contributed by atoms with Gasteiger partial charge in [-0.2, -0.15) is 0 Å². The number of phenolic OH excluding ortho intramolecular Hbond substituents is 1. The molecule has 0 aliphatic heterocycles. The molecule has 1 amide bonds. The first-order chi connectivity index (χ1) is 13.4. The second kappa shape index (κ2) is 10.2. The zero-order valence-electron chi connectivity index (χ0n) is 16.3. The number of carbonyl (C=O) groups excluding carboxylic acids is 2. The summed E-state index contributed by atoms with van der Waals surface area (Å²) in [5.74, 6) is -0.560. The maximum Gasteiger partial charge on any atom is 0.331 e. The van der Waals surface area contributed by atoms with Gasteiger partial charge in [0.25, 0.3) is 5.91 Å². The molecule has 2 rings (SSSR count). The Morgan fingerprint density at radius 1 is 1.14 bits per heavy atom. The molecular weight excluding hydrogens is 358 g/mol. The lowest BCUT2D eigenvalue weighted by molar-refractivity contribution is -0.149. The molecule has 0 bridgehead atoms. The van der Waals surface area contributed by atoms with Crippen LogP contribution in [0.1, 0.15) is 25.0 Å². The topological polar surface area (TPSA) is 76.1 Å². The van der Waals surface area contributed by atoms with E-state index in [1.807, 2.05) is 44.2 Å². The minimum Gasteiger partial charge on any atom is -0.504 e. The first kappa shape index (κ1) is 21.0. The van der Waals surface area contributed by atoms with Gasteiger partial charge in [-0.1, -0.05) is 36.4 Å². The maximum absolute atomic E-state index is 12.5. The van der Waals surface area contributed by atoms with Crippen molar-refractivity contribution in [3.8, 4) is 11.5 Å². The number of aromatic hydroxyl groups is 1. The fourth-order valence-electron chi connectivity index (χ4n) is 2.56. The van der Waals surface area contributed by atoms with Gasteiger partial charge in [0.2, 0.25) is 0 Å². The molecule has 6 nitrogen and oxygen atoms in total. The van der Waals surface area contributed by atoms with E-state index in [1.165, 1.54) is 25.3 Å². The van der Waals surface area contributed by atoms with Gasteiger partial charge in [0.1, 0.15) is 0 Å². The quantitative estimate of drug-likeness (QED) is 0.559. The molecule has 0 fully saturated rings. The molecule has 0 aliphatic carbocycles. The van der Waals surface area contributed by atoms with Crippen molar-refractivity contribution in [3.05, 3.63) is 65.7 Å².